The predicted molar refractivity (Wildman–Crippen MR) is 155 cm³/mol. The van der Waals surface area contributed by atoms with E-state index in [1.54, 1.807) is 6.92 Å². The fourth-order valence-corrected chi connectivity index (χ4v) is 6.63. The van der Waals surface area contributed by atoms with Crippen LogP contribution in [0.4, 0.5) is 8.78 Å². The van der Waals surface area contributed by atoms with Crippen LogP contribution in [0.1, 0.15) is 81.4 Å². The van der Waals surface area contributed by atoms with E-state index in [1.165, 1.54) is 54.5 Å². The zero-order valence-corrected chi connectivity index (χ0v) is 23.8. The molecule has 0 bridgehead atoms. The summed E-state index contributed by atoms with van der Waals surface area (Å²) in [6.07, 6.45) is 9.27. The molecule has 0 spiro atoms. The van der Waals surface area contributed by atoms with E-state index in [2.05, 4.69) is 55.5 Å². The molecule has 0 saturated heterocycles. The summed E-state index contributed by atoms with van der Waals surface area (Å²) < 4.78 is 45.5. The smallest absolute Gasteiger partial charge is 0.204 e. The minimum Gasteiger partial charge on any atom is -0.491 e. The highest BCUT2D eigenvalue weighted by atomic mass is 19.2. The van der Waals surface area contributed by atoms with Crippen molar-refractivity contribution in [1.82, 2.24) is 0 Å². The van der Waals surface area contributed by atoms with Crippen molar-refractivity contribution in [2.75, 3.05) is 13.2 Å². The molecule has 5 heteroatoms. The lowest BCUT2D eigenvalue weighted by Gasteiger charge is -2.42. The average Bonchev–Trinajstić information content (AvgIpc) is 2.99. The van der Waals surface area contributed by atoms with Gasteiger partial charge in [0.15, 0.2) is 11.5 Å². The Kier molecular flexibility index (Phi) is 9.62. The second-order valence-electron chi connectivity index (χ2n) is 11.6. The maximum atomic E-state index is 14.4. The quantitative estimate of drug-likeness (QED) is 0.239. The van der Waals surface area contributed by atoms with Gasteiger partial charge in [0.05, 0.1) is 13.2 Å². The van der Waals surface area contributed by atoms with E-state index < -0.39 is 11.6 Å². The highest BCUT2D eigenvalue weighted by Crippen LogP contribution is 2.47. The van der Waals surface area contributed by atoms with E-state index in [0.717, 1.165) is 37.4 Å². The number of hydrogen-bond acceptors (Lipinski definition) is 3. The Labute approximate surface area is 237 Å². The maximum absolute atomic E-state index is 14.4. The third-order valence-corrected chi connectivity index (χ3v) is 8.83. The highest BCUT2D eigenvalue weighted by molar-refractivity contribution is 5.35. The molecule has 0 heterocycles. The number of aryl methyl sites for hydroxylation is 1. The molecule has 0 amide bonds. The van der Waals surface area contributed by atoms with Crippen LogP contribution < -0.4 is 14.2 Å². The van der Waals surface area contributed by atoms with Gasteiger partial charge in [-0.15, -0.1) is 0 Å². The molecule has 4 unspecified atom stereocenters. The van der Waals surface area contributed by atoms with Gasteiger partial charge in [0.1, 0.15) is 12.4 Å². The molecule has 3 nitrogen and oxygen atoms in total. The SMILES string of the molecule is CCCc1ccc(OCc2ccc(C3CCC4CC(COc5ccc(OCC)c(F)c5F)CCC4C3)cc2)cc1. The Balaban J connectivity index is 1.08. The van der Waals surface area contributed by atoms with Gasteiger partial charge in [-0.1, -0.05) is 49.7 Å². The lowest BCUT2D eigenvalue weighted by atomic mass is 9.64. The first-order chi connectivity index (χ1) is 19.5. The van der Waals surface area contributed by atoms with Crippen LogP contribution in [0.15, 0.2) is 60.7 Å². The zero-order chi connectivity index (χ0) is 27.9. The molecular formula is C35H42F2O3. The fourth-order valence-electron chi connectivity index (χ4n) is 6.63. The summed E-state index contributed by atoms with van der Waals surface area (Å²) in [5.74, 6) is 1.30. The highest BCUT2D eigenvalue weighted by Gasteiger charge is 2.36. The minimum atomic E-state index is -0.973. The average molecular weight is 549 g/mol. The van der Waals surface area contributed by atoms with Crippen LogP contribution in [0.5, 0.6) is 17.2 Å². The summed E-state index contributed by atoms with van der Waals surface area (Å²) in [5, 5.41) is 0. The third-order valence-electron chi connectivity index (χ3n) is 8.83. The molecule has 214 valence electrons. The van der Waals surface area contributed by atoms with E-state index >= 15 is 0 Å². The Morgan fingerprint density at radius 3 is 2.02 bits per heavy atom. The topological polar surface area (TPSA) is 27.7 Å². The van der Waals surface area contributed by atoms with E-state index in [4.69, 9.17) is 14.2 Å². The van der Waals surface area contributed by atoms with Gasteiger partial charge < -0.3 is 14.2 Å². The summed E-state index contributed by atoms with van der Waals surface area (Å²) >= 11 is 0. The van der Waals surface area contributed by atoms with Crippen molar-refractivity contribution in [2.45, 2.75) is 77.7 Å². The van der Waals surface area contributed by atoms with Gasteiger partial charge in [-0.2, -0.15) is 8.78 Å². The van der Waals surface area contributed by atoms with Crippen LogP contribution >= 0.6 is 0 Å². The largest absolute Gasteiger partial charge is 0.491 e. The summed E-state index contributed by atoms with van der Waals surface area (Å²) in [6.45, 7) is 5.24. The van der Waals surface area contributed by atoms with Crippen LogP contribution in [0.3, 0.4) is 0 Å². The van der Waals surface area contributed by atoms with E-state index in [9.17, 15) is 8.78 Å². The van der Waals surface area contributed by atoms with E-state index in [-0.39, 0.29) is 18.1 Å². The number of halogens is 2. The molecule has 2 fully saturated rings. The van der Waals surface area contributed by atoms with Gasteiger partial charge in [-0.3, -0.25) is 0 Å². The van der Waals surface area contributed by atoms with Crippen molar-refractivity contribution in [3.05, 3.63) is 89.0 Å². The summed E-state index contributed by atoms with van der Waals surface area (Å²) in [4.78, 5) is 0. The molecule has 0 radical (unpaired) electrons. The van der Waals surface area contributed by atoms with Crippen molar-refractivity contribution in [2.24, 2.45) is 17.8 Å². The van der Waals surface area contributed by atoms with Gasteiger partial charge >= 0.3 is 0 Å². The van der Waals surface area contributed by atoms with Gasteiger partial charge in [-0.05, 0) is 116 Å². The van der Waals surface area contributed by atoms with Gasteiger partial charge in [-0.25, -0.2) is 0 Å². The van der Waals surface area contributed by atoms with Crippen molar-refractivity contribution in [3.63, 3.8) is 0 Å². The predicted octanol–water partition coefficient (Wildman–Crippen LogP) is 9.27. The minimum absolute atomic E-state index is 0.0227. The van der Waals surface area contributed by atoms with Gasteiger partial charge in [0.25, 0.3) is 0 Å². The number of hydrogen-bond donors (Lipinski definition) is 0. The Morgan fingerprint density at radius 2 is 1.32 bits per heavy atom. The van der Waals surface area contributed by atoms with E-state index in [0.29, 0.717) is 31.0 Å². The third kappa shape index (κ3) is 6.97. The summed E-state index contributed by atoms with van der Waals surface area (Å²) in [5.41, 5.74) is 3.98. The van der Waals surface area contributed by atoms with Crippen LogP contribution in [0.2, 0.25) is 0 Å². The van der Waals surface area contributed by atoms with Crippen molar-refractivity contribution >= 4 is 0 Å². The lowest BCUT2D eigenvalue weighted by molar-refractivity contribution is 0.0901. The molecule has 4 atom stereocenters. The fraction of sp³-hybridized carbons (Fsp3) is 0.486. The molecule has 40 heavy (non-hydrogen) atoms. The maximum Gasteiger partial charge on any atom is 0.204 e. The van der Waals surface area contributed by atoms with Crippen LogP contribution in [0, 0.1) is 29.4 Å². The lowest BCUT2D eigenvalue weighted by Crippen LogP contribution is -2.32. The second kappa shape index (κ2) is 13.5. The summed E-state index contributed by atoms with van der Waals surface area (Å²) in [7, 11) is 0. The molecule has 2 saturated carbocycles. The standard InChI is InChI=1S/C35H42F2O3/c1-3-5-24-9-16-31(17-10-24)39-22-25-6-11-27(12-7-25)29-15-14-28-20-26(8-13-30(28)21-29)23-40-33-19-18-32(38-4-2)34(36)35(33)37/h6-7,9-12,16-19,26,28-30H,3-5,8,13-15,20-23H2,1-2H3. The molecule has 0 N–H and O–H groups in total. The van der Waals surface area contributed by atoms with Crippen molar-refractivity contribution < 1.29 is 23.0 Å². The van der Waals surface area contributed by atoms with Crippen LogP contribution in [-0.2, 0) is 13.0 Å². The molecule has 0 aliphatic heterocycles. The second-order valence-corrected chi connectivity index (χ2v) is 11.6. The molecule has 0 aromatic heterocycles. The normalized spacial score (nSPS) is 22.4. The first-order valence-corrected chi connectivity index (χ1v) is 15.1. The molecular weight excluding hydrogens is 506 g/mol. The Hall–Kier alpha value is -3.08. The number of rotatable bonds is 11. The zero-order valence-electron chi connectivity index (χ0n) is 23.8. The molecule has 3 aromatic carbocycles. The van der Waals surface area contributed by atoms with Gasteiger partial charge in [0, 0.05) is 0 Å². The number of ether oxygens (including phenoxy) is 3. The molecule has 3 aromatic rings. The van der Waals surface area contributed by atoms with Gasteiger partial charge in [0.2, 0.25) is 11.6 Å². The molecule has 2 aliphatic carbocycles. The van der Waals surface area contributed by atoms with Crippen molar-refractivity contribution in [1.29, 1.82) is 0 Å². The summed E-state index contributed by atoms with van der Waals surface area (Å²) in [6, 6.07) is 20.4. The number of fused-ring (bicyclic) bond motifs is 1. The monoisotopic (exact) mass is 548 g/mol. The van der Waals surface area contributed by atoms with Crippen molar-refractivity contribution in [3.8, 4) is 17.2 Å². The Morgan fingerprint density at radius 1 is 0.675 bits per heavy atom. The van der Waals surface area contributed by atoms with Crippen LogP contribution in [-0.4, -0.2) is 13.2 Å². The Bertz CT molecular complexity index is 1220. The van der Waals surface area contributed by atoms with Crippen LogP contribution in [0.25, 0.3) is 0 Å². The molecule has 2 aliphatic rings. The molecule has 5 rings (SSSR count). The van der Waals surface area contributed by atoms with E-state index in [1.807, 2.05) is 0 Å². The first kappa shape index (κ1) is 28.4. The first-order valence-electron chi connectivity index (χ1n) is 15.1. The number of benzene rings is 3.